The summed E-state index contributed by atoms with van der Waals surface area (Å²) in [6, 6.07) is 0. The minimum Gasteiger partial charge on any atom is -0.481 e. The number of aliphatic hydroxyl groups is 1. The van der Waals surface area contributed by atoms with Gasteiger partial charge in [0.05, 0.1) is 12.2 Å². The average Bonchev–Trinajstić information content (AvgIpc) is 2.88. The molecule has 4 nitrogen and oxygen atoms in total. The number of hydrogen-bond acceptors (Lipinski definition) is 3. The Morgan fingerprint density at radius 2 is 1.94 bits per heavy atom. The van der Waals surface area contributed by atoms with E-state index in [0.717, 1.165) is 19.3 Å². The standard InChI is InChI=1S/C13H20O4/c14-8-10-9(11-6-7-12(10)17-11)4-2-1-3-5-13(15)16/h1-2,9-12,14H,3-8H2,(H,15,16)/t9-,10+,11-,12+/m0/s1. The SMILES string of the molecule is O=C(O)CCC=CC[C@H]1[C@@H](CO)[C@H]2CC[C@@H]1O2. The smallest absolute Gasteiger partial charge is 0.303 e. The Hall–Kier alpha value is -0.870. The summed E-state index contributed by atoms with van der Waals surface area (Å²) < 4.78 is 5.80. The fraction of sp³-hybridized carbons (Fsp3) is 0.769. The van der Waals surface area contributed by atoms with Gasteiger partial charge in [0.25, 0.3) is 0 Å². The molecule has 96 valence electrons. The number of carboxylic acid groups (broad SMARTS) is 1. The fourth-order valence-electron chi connectivity index (χ4n) is 3.03. The topological polar surface area (TPSA) is 66.8 Å². The molecular formula is C13H20O4. The molecule has 2 bridgehead atoms. The molecule has 2 aliphatic rings. The lowest BCUT2D eigenvalue weighted by Crippen LogP contribution is -2.29. The first-order valence-electron chi connectivity index (χ1n) is 6.35. The number of rotatable bonds is 6. The number of carboxylic acids is 1. The molecule has 0 amide bonds. The Labute approximate surface area is 101 Å². The van der Waals surface area contributed by atoms with Crippen molar-refractivity contribution in [1.29, 1.82) is 0 Å². The van der Waals surface area contributed by atoms with E-state index in [0.29, 0.717) is 18.4 Å². The molecule has 0 unspecified atom stereocenters. The first kappa shape index (κ1) is 12.6. The Balaban J connectivity index is 1.76. The quantitative estimate of drug-likeness (QED) is 0.692. The molecule has 4 heteroatoms. The van der Waals surface area contributed by atoms with Crippen LogP contribution in [0.4, 0.5) is 0 Å². The Bertz CT molecular complexity index is 300. The number of carbonyl (C=O) groups is 1. The summed E-state index contributed by atoms with van der Waals surface area (Å²) in [4.78, 5) is 10.3. The van der Waals surface area contributed by atoms with Gasteiger partial charge in [0.1, 0.15) is 0 Å². The predicted molar refractivity (Wildman–Crippen MR) is 62.6 cm³/mol. The lowest BCUT2D eigenvalue weighted by Gasteiger charge is -2.25. The lowest BCUT2D eigenvalue weighted by atomic mass is 9.78. The summed E-state index contributed by atoms with van der Waals surface area (Å²) in [6.45, 7) is 0.203. The monoisotopic (exact) mass is 240 g/mol. The molecule has 2 saturated heterocycles. The second-order valence-electron chi connectivity index (χ2n) is 4.94. The molecule has 2 aliphatic heterocycles. The zero-order valence-electron chi connectivity index (χ0n) is 9.92. The summed E-state index contributed by atoms with van der Waals surface area (Å²) in [5.74, 6) is -0.0659. The third-order valence-electron chi connectivity index (χ3n) is 3.90. The Morgan fingerprint density at radius 3 is 2.59 bits per heavy atom. The van der Waals surface area contributed by atoms with Gasteiger partial charge in [-0.3, -0.25) is 4.79 Å². The lowest BCUT2D eigenvalue weighted by molar-refractivity contribution is -0.136. The van der Waals surface area contributed by atoms with E-state index >= 15 is 0 Å². The van der Waals surface area contributed by atoms with Crippen LogP contribution < -0.4 is 0 Å². The zero-order chi connectivity index (χ0) is 12.3. The molecule has 0 aromatic rings. The molecule has 0 radical (unpaired) electrons. The van der Waals surface area contributed by atoms with E-state index < -0.39 is 5.97 Å². The zero-order valence-corrected chi connectivity index (χ0v) is 9.92. The van der Waals surface area contributed by atoms with Crippen LogP contribution in [-0.2, 0) is 9.53 Å². The van der Waals surface area contributed by atoms with Crippen molar-refractivity contribution in [3.05, 3.63) is 12.2 Å². The van der Waals surface area contributed by atoms with Crippen LogP contribution in [0, 0.1) is 11.8 Å². The normalized spacial score (nSPS) is 35.8. The molecule has 2 rings (SSSR count). The van der Waals surface area contributed by atoms with E-state index in [-0.39, 0.29) is 25.0 Å². The maximum atomic E-state index is 10.3. The highest BCUT2D eigenvalue weighted by Crippen LogP contribution is 2.44. The van der Waals surface area contributed by atoms with Crippen molar-refractivity contribution in [3.63, 3.8) is 0 Å². The summed E-state index contributed by atoms with van der Waals surface area (Å²) in [5, 5.41) is 17.9. The van der Waals surface area contributed by atoms with Crippen molar-refractivity contribution in [2.45, 2.75) is 44.3 Å². The highest BCUT2D eigenvalue weighted by Gasteiger charge is 2.47. The maximum Gasteiger partial charge on any atom is 0.303 e. The van der Waals surface area contributed by atoms with Gasteiger partial charge >= 0.3 is 5.97 Å². The van der Waals surface area contributed by atoms with E-state index in [1.807, 2.05) is 12.2 Å². The molecule has 2 heterocycles. The molecule has 2 fully saturated rings. The molecule has 0 spiro atoms. The van der Waals surface area contributed by atoms with E-state index in [1.54, 1.807) is 0 Å². The molecular weight excluding hydrogens is 220 g/mol. The third-order valence-corrected chi connectivity index (χ3v) is 3.90. The van der Waals surface area contributed by atoms with Gasteiger partial charge < -0.3 is 14.9 Å². The van der Waals surface area contributed by atoms with Crippen LogP contribution in [0.1, 0.15) is 32.1 Å². The highest BCUT2D eigenvalue weighted by atomic mass is 16.5. The van der Waals surface area contributed by atoms with Crippen LogP contribution >= 0.6 is 0 Å². The molecule has 0 aromatic carbocycles. The van der Waals surface area contributed by atoms with Gasteiger partial charge in [-0.15, -0.1) is 0 Å². The van der Waals surface area contributed by atoms with Crippen molar-refractivity contribution in [3.8, 4) is 0 Å². The summed E-state index contributed by atoms with van der Waals surface area (Å²) in [7, 11) is 0. The van der Waals surface area contributed by atoms with E-state index in [9.17, 15) is 9.90 Å². The van der Waals surface area contributed by atoms with Crippen LogP contribution in [0.15, 0.2) is 12.2 Å². The number of allylic oxidation sites excluding steroid dienone is 2. The molecule has 0 aromatic heterocycles. The number of aliphatic hydroxyl groups excluding tert-OH is 1. The second kappa shape index (κ2) is 5.65. The Kier molecular flexibility index (Phi) is 4.18. The van der Waals surface area contributed by atoms with Gasteiger partial charge in [-0.2, -0.15) is 0 Å². The van der Waals surface area contributed by atoms with Crippen LogP contribution in [0.2, 0.25) is 0 Å². The van der Waals surface area contributed by atoms with Crippen molar-refractivity contribution in [2.24, 2.45) is 11.8 Å². The van der Waals surface area contributed by atoms with Crippen LogP contribution in [0.3, 0.4) is 0 Å². The van der Waals surface area contributed by atoms with Gasteiger partial charge in [0.2, 0.25) is 0 Å². The highest BCUT2D eigenvalue weighted by molar-refractivity contribution is 5.66. The third kappa shape index (κ3) is 2.87. The summed E-state index contributed by atoms with van der Waals surface area (Å²) in [5.41, 5.74) is 0. The van der Waals surface area contributed by atoms with E-state index in [4.69, 9.17) is 9.84 Å². The van der Waals surface area contributed by atoms with E-state index in [1.165, 1.54) is 0 Å². The molecule has 17 heavy (non-hydrogen) atoms. The molecule has 0 saturated carbocycles. The van der Waals surface area contributed by atoms with Crippen LogP contribution in [0.5, 0.6) is 0 Å². The van der Waals surface area contributed by atoms with Gasteiger partial charge in [0, 0.05) is 18.9 Å². The van der Waals surface area contributed by atoms with Gasteiger partial charge in [-0.05, 0) is 31.6 Å². The van der Waals surface area contributed by atoms with Crippen molar-refractivity contribution in [1.82, 2.24) is 0 Å². The minimum atomic E-state index is -0.758. The number of hydrogen-bond donors (Lipinski definition) is 2. The maximum absolute atomic E-state index is 10.3. The Morgan fingerprint density at radius 1 is 1.24 bits per heavy atom. The van der Waals surface area contributed by atoms with Gasteiger partial charge in [-0.1, -0.05) is 12.2 Å². The molecule has 2 N–H and O–H groups in total. The molecule has 4 atom stereocenters. The summed E-state index contributed by atoms with van der Waals surface area (Å²) >= 11 is 0. The van der Waals surface area contributed by atoms with Crippen molar-refractivity contribution >= 4 is 5.97 Å². The predicted octanol–water partition coefficient (Wildman–Crippen LogP) is 1.58. The average molecular weight is 240 g/mol. The second-order valence-corrected chi connectivity index (χ2v) is 4.94. The first-order valence-corrected chi connectivity index (χ1v) is 6.35. The number of aliphatic carboxylic acids is 1. The van der Waals surface area contributed by atoms with Gasteiger partial charge in [0.15, 0.2) is 0 Å². The van der Waals surface area contributed by atoms with Crippen LogP contribution in [-0.4, -0.2) is 35.0 Å². The minimum absolute atomic E-state index is 0.188. The van der Waals surface area contributed by atoms with Gasteiger partial charge in [-0.25, -0.2) is 0 Å². The first-order chi connectivity index (χ1) is 8.22. The fourth-order valence-corrected chi connectivity index (χ4v) is 3.03. The molecule has 0 aliphatic carbocycles. The number of fused-ring (bicyclic) bond motifs is 2. The number of ether oxygens (including phenoxy) is 1. The largest absolute Gasteiger partial charge is 0.481 e. The van der Waals surface area contributed by atoms with Crippen LogP contribution in [0.25, 0.3) is 0 Å². The van der Waals surface area contributed by atoms with E-state index in [2.05, 4.69) is 0 Å². The van der Waals surface area contributed by atoms with Crippen molar-refractivity contribution < 1.29 is 19.7 Å². The summed E-state index contributed by atoms with van der Waals surface area (Å²) in [6.07, 6.45) is 8.38. The van der Waals surface area contributed by atoms with Crippen molar-refractivity contribution in [2.75, 3.05) is 6.61 Å².